The number of nitrogens with zero attached hydrogens (tertiary/aromatic N) is 2. The largest absolute Gasteiger partial charge is 0.468 e. The molecule has 1 heterocycles. The van der Waals surface area contributed by atoms with Gasteiger partial charge in [-0.25, -0.2) is 10.4 Å². The lowest BCUT2D eigenvalue weighted by Gasteiger charge is -2.33. The highest BCUT2D eigenvalue weighted by molar-refractivity contribution is 5.74. The van der Waals surface area contributed by atoms with Gasteiger partial charge in [-0.3, -0.25) is 4.79 Å². The Morgan fingerprint density at radius 2 is 1.93 bits per heavy atom. The Hall–Kier alpha value is -0.650. The van der Waals surface area contributed by atoms with Crippen molar-refractivity contribution in [1.29, 1.82) is 0 Å². The quantitative estimate of drug-likeness (QED) is 0.612. The monoisotopic (exact) mass is 201 g/mol. The third-order valence-electron chi connectivity index (χ3n) is 2.43. The Morgan fingerprint density at radius 1 is 1.36 bits per heavy atom. The van der Waals surface area contributed by atoms with Crippen LogP contribution < -0.4 is 5.43 Å². The predicted molar refractivity (Wildman–Crippen MR) is 53.7 cm³/mol. The summed E-state index contributed by atoms with van der Waals surface area (Å²) in [5.74, 6) is -0.219. The molecule has 1 N–H and O–H groups in total. The van der Waals surface area contributed by atoms with Gasteiger partial charge in [0.25, 0.3) is 0 Å². The zero-order chi connectivity index (χ0) is 10.6. The van der Waals surface area contributed by atoms with Gasteiger partial charge in [0.1, 0.15) is 6.04 Å². The topological polar surface area (TPSA) is 44.8 Å². The minimum Gasteiger partial charge on any atom is -0.468 e. The first-order valence-electron chi connectivity index (χ1n) is 4.91. The fraction of sp³-hybridized carbons (Fsp3) is 0.889. The molecule has 0 aliphatic carbocycles. The van der Waals surface area contributed by atoms with Crippen LogP contribution >= 0.6 is 0 Å². The van der Waals surface area contributed by atoms with Gasteiger partial charge in [0, 0.05) is 26.2 Å². The summed E-state index contributed by atoms with van der Waals surface area (Å²) in [4.78, 5) is 13.4. The van der Waals surface area contributed by atoms with Crippen LogP contribution in [0.4, 0.5) is 0 Å². The summed E-state index contributed by atoms with van der Waals surface area (Å²) in [5, 5.41) is 2.07. The van der Waals surface area contributed by atoms with Crippen LogP contribution in [0.25, 0.3) is 0 Å². The van der Waals surface area contributed by atoms with Crippen LogP contribution in [0.2, 0.25) is 0 Å². The minimum atomic E-state index is -0.261. The second-order valence-corrected chi connectivity index (χ2v) is 3.66. The third-order valence-corrected chi connectivity index (χ3v) is 2.43. The number of hydrogen-bond donors (Lipinski definition) is 1. The Bertz CT molecular complexity index is 190. The molecule has 0 bridgehead atoms. The number of methoxy groups -OCH3 is 1. The predicted octanol–water partition coefficient (Wildman–Crippen LogP) is -0.700. The summed E-state index contributed by atoms with van der Waals surface area (Å²) in [6, 6.07) is -0.261. The first-order chi connectivity index (χ1) is 6.63. The summed E-state index contributed by atoms with van der Waals surface area (Å²) in [5.41, 5.74) is 3.12. The maximum Gasteiger partial charge on any atom is 0.323 e. The molecule has 14 heavy (non-hydrogen) atoms. The van der Waals surface area contributed by atoms with Crippen molar-refractivity contribution in [2.75, 3.05) is 40.3 Å². The smallest absolute Gasteiger partial charge is 0.323 e. The molecule has 0 spiro atoms. The third kappa shape index (κ3) is 3.25. The van der Waals surface area contributed by atoms with Gasteiger partial charge in [-0.2, -0.15) is 0 Å². The summed E-state index contributed by atoms with van der Waals surface area (Å²) >= 11 is 0. The van der Waals surface area contributed by atoms with E-state index in [4.69, 9.17) is 0 Å². The van der Waals surface area contributed by atoms with E-state index in [0.29, 0.717) is 0 Å². The van der Waals surface area contributed by atoms with E-state index in [0.717, 1.165) is 26.2 Å². The van der Waals surface area contributed by atoms with Gasteiger partial charge >= 0.3 is 5.97 Å². The second-order valence-electron chi connectivity index (χ2n) is 3.66. The highest BCUT2D eigenvalue weighted by Gasteiger charge is 2.19. The molecule has 0 aromatic rings. The van der Waals surface area contributed by atoms with Crippen LogP contribution in [0.15, 0.2) is 0 Å². The molecule has 82 valence electrons. The lowest BCUT2D eigenvalue weighted by Crippen LogP contribution is -2.54. The number of piperazine rings is 1. The molecule has 1 rings (SSSR count). The molecule has 5 heteroatoms. The maximum absolute atomic E-state index is 11.1. The zero-order valence-corrected chi connectivity index (χ0v) is 9.12. The van der Waals surface area contributed by atoms with Gasteiger partial charge in [-0.15, -0.1) is 0 Å². The summed E-state index contributed by atoms with van der Waals surface area (Å²) in [6.07, 6.45) is 0. The lowest BCUT2D eigenvalue weighted by molar-refractivity contribution is -0.144. The highest BCUT2D eigenvalue weighted by atomic mass is 16.5. The van der Waals surface area contributed by atoms with Crippen LogP contribution in [0.5, 0.6) is 0 Å². The fourth-order valence-corrected chi connectivity index (χ4v) is 1.44. The summed E-state index contributed by atoms with van der Waals surface area (Å²) in [6.45, 7) is 5.75. The Morgan fingerprint density at radius 3 is 2.43 bits per heavy atom. The number of carbonyl (C=O) groups excluding carboxylic acids is 1. The van der Waals surface area contributed by atoms with Gasteiger partial charge in [0.05, 0.1) is 7.11 Å². The summed E-state index contributed by atoms with van der Waals surface area (Å²) in [7, 11) is 3.51. The maximum atomic E-state index is 11.1. The molecule has 5 nitrogen and oxygen atoms in total. The van der Waals surface area contributed by atoms with Crippen LogP contribution in [-0.2, 0) is 9.53 Å². The SMILES string of the molecule is COC(=O)C(C)NN1CCN(C)CC1. The number of ether oxygens (including phenoxy) is 1. The van der Waals surface area contributed by atoms with Crippen molar-refractivity contribution in [2.45, 2.75) is 13.0 Å². The minimum absolute atomic E-state index is 0.219. The second kappa shape index (κ2) is 5.29. The average Bonchev–Trinajstić information content (AvgIpc) is 2.20. The molecule has 1 aliphatic heterocycles. The van der Waals surface area contributed by atoms with Crippen molar-refractivity contribution in [1.82, 2.24) is 15.3 Å². The molecule has 0 radical (unpaired) electrons. The molecule has 1 fully saturated rings. The van der Waals surface area contributed by atoms with Gasteiger partial charge in [0.15, 0.2) is 0 Å². The number of nitrogens with one attached hydrogen (secondary N) is 1. The van der Waals surface area contributed by atoms with Gasteiger partial charge in [-0.1, -0.05) is 0 Å². The zero-order valence-electron chi connectivity index (χ0n) is 9.12. The van der Waals surface area contributed by atoms with E-state index in [-0.39, 0.29) is 12.0 Å². The van der Waals surface area contributed by atoms with Crippen LogP contribution in [-0.4, -0.2) is 62.3 Å². The lowest BCUT2D eigenvalue weighted by atomic mass is 10.3. The molecule has 1 aliphatic rings. The molecule has 0 aromatic heterocycles. The highest BCUT2D eigenvalue weighted by Crippen LogP contribution is 1.97. The van der Waals surface area contributed by atoms with E-state index in [1.54, 1.807) is 0 Å². The van der Waals surface area contributed by atoms with Crippen molar-refractivity contribution in [3.63, 3.8) is 0 Å². The van der Waals surface area contributed by atoms with E-state index in [1.165, 1.54) is 7.11 Å². The molecular weight excluding hydrogens is 182 g/mol. The van der Waals surface area contributed by atoms with Gasteiger partial charge in [-0.05, 0) is 14.0 Å². The number of hydrogen-bond acceptors (Lipinski definition) is 5. The van der Waals surface area contributed by atoms with Crippen LogP contribution in [0.3, 0.4) is 0 Å². The van der Waals surface area contributed by atoms with Gasteiger partial charge < -0.3 is 9.64 Å². The van der Waals surface area contributed by atoms with E-state index in [2.05, 4.69) is 27.1 Å². The normalized spacial score (nSPS) is 21.9. The van der Waals surface area contributed by atoms with Crippen LogP contribution in [0.1, 0.15) is 6.92 Å². The Balaban J connectivity index is 2.27. The molecule has 0 amide bonds. The number of likely N-dealkylation sites (N-methyl/N-ethyl adjacent to an activating group) is 1. The van der Waals surface area contributed by atoms with E-state index in [9.17, 15) is 4.79 Å². The molecule has 0 aromatic carbocycles. The average molecular weight is 201 g/mol. The first-order valence-corrected chi connectivity index (χ1v) is 4.91. The Labute approximate surface area is 85.0 Å². The van der Waals surface area contributed by atoms with Crippen molar-refractivity contribution in [3.05, 3.63) is 0 Å². The molecular formula is C9H19N3O2. The number of hydrazine groups is 1. The number of rotatable bonds is 3. The van der Waals surface area contributed by atoms with E-state index < -0.39 is 0 Å². The molecule has 0 saturated carbocycles. The van der Waals surface area contributed by atoms with Crippen molar-refractivity contribution >= 4 is 5.97 Å². The van der Waals surface area contributed by atoms with Crippen LogP contribution in [0, 0.1) is 0 Å². The molecule has 1 unspecified atom stereocenters. The van der Waals surface area contributed by atoms with Crippen molar-refractivity contribution < 1.29 is 9.53 Å². The van der Waals surface area contributed by atoms with Gasteiger partial charge in [0.2, 0.25) is 0 Å². The summed E-state index contributed by atoms with van der Waals surface area (Å²) < 4.78 is 4.64. The molecule has 1 saturated heterocycles. The van der Waals surface area contributed by atoms with Crippen molar-refractivity contribution in [3.8, 4) is 0 Å². The number of carbonyl (C=O) groups is 1. The van der Waals surface area contributed by atoms with E-state index in [1.807, 2.05) is 6.92 Å². The fourth-order valence-electron chi connectivity index (χ4n) is 1.44. The van der Waals surface area contributed by atoms with E-state index >= 15 is 0 Å². The molecule has 1 atom stereocenters. The van der Waals surface area contributed by atoms with Crippen molar-refractivity contribution in [2.24, 2.45) is 0 Å². The standard InChI is InChI=1S/C9H19N3O2/c1-8(9(13)14-3)10-12-6-4-11(2)5-7-12/h8,10H,4-7H2,1-3H3. The first kappa shape index (κ1) is 11.4. The number of esters is 1. The Kier molecular flexibility index (Phi) is 4.31.